The van der Waals surface area contributed by atoms with Crippen molar-refractivity contribution in [2.24, 2.45) is 5.92 Å². The van der Waals surface area contributed by atoms with Crippen LogP contribution in [0.25, 0.3) is 0 Å². The van der Waals surface area contributed by atoms with Crippen LogP contribution in [-0.2, 0) is 11.3 Å². The fourth-order valence-electron chi connectivity index (χ4n) is 5.37. The molecule has 5 heterocycles. The van der Waals surface area contributed by atoms with Crippen LogP contribution in [0.2, 0.25) is 0 Å². The summed E-state index contributed by atoms with van der Waals surface area (Å²) in [6.45, 7) is 3.34. The molecule has 1 N–H and O–H groups in total. The fraction of sp³-hybridized carbons (Fsp3) is 0.800. The van der Waals surface area contributed by atoms with Gasteiger partial charge in [0.1, 0.15) is 11.9 Å². The van der Waals surface area contributed by atoms with Crippen molar-refractivity contribution in [3.05, 3.63) is 16.4 Å². The van der Waals surface area contributed by atoms with Gasteiger partial charge in [0.05, 0.1) is 18.8 Å². The number of piperidine rings is 1. The topological polar surface area (TPSA) is 62.6 Å². The van der Waals surface area contributed by atoms with E-state index in [1.165, 1.54) is 15.5 Å². The van der Waals surface area contributed by atoms with Gasteiger partial charge in [-0.05, 0) is 51.1 Å². The van der Waals surface area contributed by atoms with Crippen LogP contribution < -0.4 is 20.7 Å². The van der Waals surface area contributed by atoms with Gasteiger partial charge in [-0.25, -0.2) is 0 Å². The highest BCUT2D eigenvalue weighted by Gasteiger charge is 2.47. The molecule has 166 valence electrons. The number of alkyl halides is 3. The molecule has 1 aromatic rings. The van der Waals surface area contributed by atoms with Crippen molar-refractivity contribution in [3.8, 4) is 0 Å². The minimum atomic E-state index is -4.35. The highest BCUT2D eigenvalue weighted by molar-refractivity contribution is 5.49. The van der Waals surface area contributed by atoms with Crippen LogP contribution in [0.4, 0.5) is 24.9 Å². The van der Waals surface area contributed by atoms with Crippen molar-refractivity contribution in [3.63, 3.8) is 0 Å². The Morgan fingerprint density at radius 2 is 2.03 bits per heavy atom. The molecule has 0 aliphatic carbocycles. The zero-order valence-corrected chi connectivity index (χ0v) is 16.9. The molecule has 2 bridgehead atoms. The van der Waals surface area contributed by atoms with E-state index in [9.17, 15) is 18.0 Å². The van der Waals surface area contributed by atoms with Gasteiger partial charge < -0.3 is 19.9 Å². The number of halogens is 3. The molecule has 10 heteroatoms. The number of morpholine rings is 1. The lowest BCUT2D eigenvalue weighted by Crippen LogP contribution is -2.53. The number of anilines is 2. The average Bonchev–Trinajstić information content (AvgIpc) is 3.35. The zero-order valence-electron chi connectivity index (χ0n) is 16.9. The molecule has 4 aliphatic rings. The van der Waals surface area contributed by atoms with Gasteiger partial charge in [-0.15, -0.1) is 0 Å². The minimum Gasteiger partial charge on any atom is -0.374 e. The van der Waals surface area contributed by atoms with Crippen LogP contribution in [0.3, 0.4) is 0 Å². The molecule has 1 unspecified atom stereocenters. The predicted molar refractivity (Wildman–Crippen MR) is 106 cm³/mol. The van der Waals surface area contributed by atoms with Gasteiger partial charge in [-0.1, -0.05) is 0 Å². The summed E-state index contributed by atoms with van der Waals surface area (Å²) < 4.78 is 48.7. The fourth-order valence-corrected chi connectivity index (χ4v) is 5.37. The SMILES string of the molecule is O=c1cc(N2C[C@@H]3CC2CO3)nc2n1CC[C@@H](C(F)(F)F)N2CCC1CCNCC1. The van der Waals surface area contributed by atoms with E-state index >= 15 is 0 Å². The van der Waals surface area contributed by atoms with Crippen LogP contribution >= 0.6 is 0 Å². The molecule has 0 aromatic carbocycles. The molecule has 4 aliphatic heterocycles. The maximum Gasteiger partial charge on any atom is 0.408 e. The Hall–Kier alpha value is -1.81. The molecule has 0 amide bonds. The van der Waals surface area contributed by atoms with Gasteiger partial charge in [0, 0.05) is 25.7 Å². The van der Waals surface area contributed by atoms with E-state index in [1.807, 2.05) is 4.90 Å². The van der Waals surface area contributed by atoms with E-state index in [4.69, 9.17) is 4.74 Å². The maximum atomic E-state index is 13.9. The summed E-state index contributed by atoms with van der Waals surface area (Å²) in [6, 6.07) is 0.0261. The molecule has 5 rings (SSSR count). The van der Waals surface area contributed by atoms with Crippen molar-refractivity contribution < 1.29 is 17.9 Å². The molecular weight excluding hydrogens is 399 g/mol. The Morgan fingerprint density at radius 3 is 2.70 bits per heavy atom. The molecular formula is C20H28F3N5O2. The third-order valence-electron chi connectivity index (χ3n) is 7.04. The number of ether oxygens (including phenoxy) is 1. The second-order valence-corrected chi connectivity index (χ2v) is 8.92. The van der Waals surface area contributed by atoms with Gasteiger partial charge in [0.2, 0.25) is 5.95 Å². The van der Waals surface area contributed by atoms with E-state index in [-0.39, 0.29) is 43.2 Å². The summed E-state index contributed by atoms with van der Waals surface area (Å²) in [5.41, 5.74) is -0.272. The number of rotatable bonds is 4. The van der Waals surface area contributed by atoms with E-state index in [0.717, 1.165) is 32.4 Å². The van der Waals surface area contributed by atoms with Crippen LogP contribution in [0.1, 0.15) is 32.1 Å². The first-order valence-corrected chi connectivity index (χ1v) is 10.9. The highest BCUT2D eigenvalue weighted by atomic mass is 19.4. The molecule has 7 nitrogen and oxygen atoms in total. The average molecular weight is 427 g/mol. The number of nitrogens with zero attached hydrogens (tertiary/aromatic N) is 4. The third kappa shape index (κ3) is 3.68. The molecule has 0 radical (unpaired) electrons. The molecule has 0 spiro atoms. The van der Waals surface area contributed by atoms with Gasteiger partial charge in [0.15, 0.2) is 0 Å². The molecule has 30 heavy (non-hydrogen) atoms. The summed E-state index contributed by atoms with van der Waals surface area (Å²) in [6.07, 6.45) is -0.848. The Balaban J connectivity index is 1.46. The van der Waals surface area contributed by atoms with Crippen LogP contribution in [0.15, 0.2) is 10.9 Å². The third-order valence-corrected chi connectivity index (χ3v) is 7.04. The highest BCUT2D eigenvalue weighted by Crippen LogP contribution is 2.36. The summed E-state index contributed by atoms with van der Waals surface area (Å²) in [4.78, 5) is 20.8. The molecule has 3 saturated heterocycles. The van der Waals surface area contributed by atoms with Crippen LogP contribution in [0.5, 0.6) is 0 Å². The van der Waals surface area contributed by atoms with Crippen molar-refractivity contribution in [2.75, 3.05) is 42.6 Å². The lowest BCUT2D eigenvalue weighted by atomic mass is 9.94. The summed E-state index contributed by atoms with van der Waals surface area (Å²) in [7, 11) is 0. The number of nitrogens with one attached hydrogen (secondary N) is 1. The van der Waals surface area contributed by atoms with E-state index in [1.54, 1.807) is 0 Å². The van der Waals surface area contributed by atoms with E-state index in [0.29, 0.717) is 31.3 Å². The van der Waals surface area contributed by atoms with Gasteiger partial charge in [-0.3, -0.25) is 9.36 Å². The number of hydrogen-bond donors (Lipinski definition) is 1. The van der Waals surface area contributed by atoms with Crippen LogP contribution in [-0.4, -0.2) is 66.7 Å². The molecule has 3 atom stereocenters. The van der Waals surface area contributed by atoms with Gasteiger partial charge in [-0.2, -0.15) is 18.2 Å². The number of fused-ring (bicyclic) bond motifs is 3. The lowest BCUT2D eigenvalue weighted by molar-refractivity contribution is -0.152. The van der Waals surface area contributed by atoms with Crippen molar-refractivity contribution in [1.82, 2.24) is 14.9 Å². The summed E-state index contributed by atoms with van der Waals surface area (Å²) in [5, 5.41) is 3.29. The molecule has 3 fully saturated rings. The maximum absolute atomic E-state index is 13.9. The van der Waals surface area contributed by atoms with Crippen molar-refractivity contribution in [2.45, 2.75) is 63.0 Å². The Morgan fingerprint density at radius 1 is 1.23 bits per heavy atom. The first-order valence-electron chi connectivity index (χ1n) is 10.9. The Kier molecular flexibility index (Phi) is 5.17. The van der Waals surface area contributed by atoms with Gasteiger partial charge >= 0.3 is 6.18 Å². The monoisotopic (exact) mass is 427 g/mol. The largest absolute Gasteiger partial charge is 0.408 e. The lowest BCUT2D eigenvalue weighted by Gasteiger charge is -2.40. The normalized spacial score (nSPS) is 29.5. The van der Waals surface area contributed by atoms with E-state index < -0.39 is 12.2 Å². The molecule has 1 aromatic heterocycles. The first-order chi connectivity index (χ1) is 14.4. The minimum absolute atomic E-state index is 0.0463. The second-order valence-electron chi connectivity index (χ2n) is 8.92. The quantitative estimate of drug-likeness (QED) is 0.790. The van der Waals surface area contributed by atoms with Crippen LogP contribution in [0, 0.1) is 5.92 Å². The number of hydrogen-bond acceptors (Lipinski definition) is 6. The summed E-state index contributed by atoms with van der Waals surface area (Å²) in [5.74, 6) is 1.05. The van der Waals surface area contributed by atoms with Gasteiger partial charge in [0.25, 0.3) is 5.56 Å². The predicted octanol–water partition coefficient (Wildman–Crippen LogP) is 1.75. The Bertz CT molecular complexity index is 839. The zero-order chi connectivity index (χ0) is 20.9. The Labute approximate surface area is 173 Å². The first kappa shape index (κ1) is 20.1. The standard InChI is InChI=1S/C20H28F3N5O2/c21-20(22,23)16-4-8-27-18(29)10-17(28-11-15-9-14(28)12-30-15)25-19(27)26(16)7-3-13-1-5-24-6-2-13/h10,13-16,24H,1-9,11-12H2/t14?,15-,16-/m0/s1. The van der Waals surface area contributed by atoms with Crippen molar-refractivity contribution in [1.29, 1.82) is 0 Å². The summed E-state index contributed by atoms with van der Waals surface area (Å²) >= 11 is 0. The van der Waals surface area contributed by atoms with Crippen molar-refractivity contribution >= 4 is 11.8 Å². The second kappa shape index (κ2) is 7.71. The smallest absolute Gasteiger partial charge is 0.374 e. The number of aromatic nitrogens is 2. The van der Waals surface area contributed by atoms with E-state index in [2.05, 4.69) is 10.3 Å². The molecule has 0 saturated carbocycles.